The van der Waals surface area contributed by atoms with Crippen molar-refractivity contribution in [1.29, 1.82) is 0 Å². The van der Waals surface area contributed by atoms with Gasteiger partial charge in [0.25, 0.3) is 5.91 Å². The largest absolute Gasteiger partial charge is 0.393 e. The summed E-state index contributed by atoms with van der Waals surface area (Å²) in [5.74, 6) is -0.491. The number of hydrogen-bond donors (Lipinski definition) is 2. The third-order valence-corrected chi connectivity index (χ3v) is 3.99. The van der Waals surface area contributed by atoms with E-state index in [1.807, 2.05) is 0 Å². The van der Waals surface area contributed by atoms with E-state index < -0.39 is 5.60 Å². The molecule has 2 heterocycles. The summed E-state index contributed by atoms with van der Waals surface area (Å²) in [4.78, 5) is 14.1. The number of nitrogens with one attached hydrogen (secondary N) is 1. The van der Waals surface area contributed by atoms with Gasteiger partial charge in [-0.2, -0.15) is 5.10 Å². The number of aromatic nitrogens is 2. The van der Waals surface area contributed by atoms with E-state index in [9.17, 15) is 14.3 Å². The van der Waals surface area contributed by atoms with Gasteiger partial charge in [0.15, 0.2) is 0 Å². The summed E-state index contributed by atoms with van der Waals surface area (Å²) < 4.78 is 18.8. The van der Waals surface area contributed by atoms with Gasteiger partial charge in [-0.25, -0.2) is 4.39 Å². The molecule has 0 spiro atoms. The topological polar surface area (TPSA) is 78.5 Å². The third-order valence-electron chi connectivity index (χ3n) is 3.99. The van der Waals surface area contributed by atoms with Gasteiger partial charge in [0, 0.05) is 19.2 Å². The summed E-state index contributed by atoms with van der Waals surface area (Å²) in [6.07, 6.45) is 1.92. The molecule has 7 heteroatoms. The molecule has 1 amide bonds. The summed E-state index contributed by atoms with van der Waals surface area (Å²) in [6, 6.07) is 7.67. The number of aliphatic hydroxyl groups is 1. The molecule has 1 saturated heterocycles. The van der Waals surface area contributed by atoms with Crippen LogP contribution in [0.5, 0.6) is 0 Å². The molecule has 2 N–H and O–H groups in total. The number of nitrogens with zero attached hydrogens (tertiary/aromatic N) is 2. The fourth-order valence-corrected chi connectivity index (χ4v) is 2.80. The molecule has 2 aromatic rings. The van der Waals surface area contributed by atoms with Crippen molar-refractivity contribution < 1.29 is 19.0 Å². The molecule has 6 nitrogen and oxygen atoms in total. The number of aromatic amines is 1. The molecule has 3 rings (SSSR count). The SMILES string of the molecule is O=C(c1ccn[nH]1)N1CCO[C@@](CO)(Cc2ccc(F)cc2)C1. The van der Waals surface area contributed by atoms with Crippen LogP contribution in [-0.4, -0.2) is 58.0 Å². The lowest BCUT2D eigenvalue weighted by atomic mass is 9.93. The lowest BCUT2D eigenvalue weighted by Crippen LogP contribution is -2.56. The lowest BCUT2D eigenvalue weighted by molar-refractivity contribution is -0.123. The standard InChI is InChI=1S/C16H18FN3O3/c17-13-3-1-12(2-4-13)9-16(11-21)10-20(7-8-23-16)15(22)14-5-6-18-19-14/h1-6,21H,7-11H2,(H,18,19)/t16-/m0/s1. The number of H-pyrrole nitrogens is 1. The zero-order valence-corrected chi connectivity index (χ0v) is 12.5. The number of carbonyl (C=O) groups excluding carboxylic acids is 1. The fourth-order valence-electron chi connectivity index (χ4n) is 2.80. The molecule has 1 aliphatic heterocycles. The van der Waals surface area contributed by atoms with E-state index in [0.29, 0.717) is 25.3 Å². The van der Waals surface area contributed by atoms with E-state index in [-0.39, 0.29) is 24.9 Å². The monoisotopic (exact) mass is 319 g/mol. The molecule has 0 saturated carbocycles. The third kappa shape index (κ3) is 3.40. The van der Waals surface area contributed by atoms with Gasteiger partial charge in [-0.05, 0) is 23.8 Å². The molecule has 1 fully saturated rings. The van der Waals surface area contributed by atoms with Crippen LogP contribution in [0.2, 0.25) is 0 Å². The van der Waals surface area contributed by atoms with Gasteiger partial charge in [-0.15, -0.1) is 0 Å². The smallest absolute Gasteiger partial charge is 0.272 e. The van der Waals surface area contributed by atoms with Gasteiger partial charge in [-0.1, -0.05) is 12.1 Å². The minimum absolute atomic E-state index is 0.178. The fraction of sp³-hybridized carbons (Fsp3) is 0.375. The first-order chi connectivity index (χ1) is 11.1. The predicted octanol–water partition coefficient (Wildman–Crippen LogP) is 0.995. The van der Waals surface area contributed by atoms with Crippen LogP contribution in [-0.2, 0) is 11.2 Å². The Morgan fingerprint density at radius 3 is 2.83 bits per heavy atom. The highest BCUT2D eigenvalue weighted by Crippen LogP contribution is 2.24. The Kier molecular flexibility index (Phi) is 4.40. The van der Waals surface area contributed by atoms with Crippen molar-refractivity contribution in [2.45, 2.75) is 12.0 Å². The number of benzene rings is 1. The summed E-state index contributed by atoms with van der Waals surface area (Å²) >= 11 is 0. The number of aliphatic hydroxyl groups excluding tert-OH is 1. The second kappa shape index (κ2) is 6.47. The summed E-state index contributed by atoms with van der Waals surface area (Å²) in [7, 11) is 0. The molecule has 1 aromatic heterocycles. The van der Waals surface area contributed by atoms with Crippen LogP contribution in [0, 0.1) is 5.82 Å². The second-order valence-electron chi connectivity index (χ2n) is 5.69. The van der Waals surface area contributed by atoms with Crippen molar-refractivity contribution in [1.82, 2.24) is 15.1 Å². The summed E-state index contributed by atoms with van der Waals surface area (Å²) in [5.41, 5.74) is 0.364. The van der Waals surface area contributed by atoms with Crippen LogP contribution in [0.15, 0.2) is 36.5 Å². The average molecular weight is 319 g/mol. The van der Waals surface area contributed by atoms with E-state index in [4.69, 9.17) is 4.74 Å². The highest BCUT2D eigenvalue weighted by molar-refractivity contribution is 5.92. The minimum atomic E-state index is -0.883. The average Bonchev–Trinajstić information content (AvgIpc) is 3.11. The van der Waals surface area contributed by atoms with Crippen molar-refractivity contribution in [2.75, 3.05) is 26.3 Å². The van der Waals surface area contributed by atoms with Crippen LogP contribution in [0.1, 0.15) is 16.1 Å². The zero-order chi connectivity index (χ0) is 16.3. The Morgan fingerprint density at radius 1 is 1.39 bits per heavy atom. The highest BCUT2D eigenvalue weighted by atomic mass is 19.1. The first kappa shape index (κ1) is 15.6. The first-order valence-corrected chi connectivity index (χ1v) is 7.40. The second-order valence-corrected chi connectivity index (χ2v) is 5.69. The maximum atomic E-state index is 13.0. The van der Waals surface area contributed by atoms with E-state index in [0.717, 1.165) is 5.56 Å². The van der Waals surface area contributed by atoms with Gasteiger partial charge in [0.05, 0.1) is 19.8 Å². The zero-order valence-electron chi connectivity index (χ0n) is 12.5. The van der Waals surface area contributed by atoms with Crippen LogP contribution in [0.4, 0.5) is 4.39 Å². The number of carbonyl (C=O) groups is 1. The highest BCUT2D eigenvalue weighted by Gasteiger charge is 2.38. The van der Waals surface area contributed by atoms with Crippen molar-refractivity contribution >= 4 is 5.91 Å². The molecule has 122 valence electrons. The maximum Gasteiger partial charge on any atom is 0.272 e. The normalized spacial score (nSPS) is 21.4. The Morgan fingerprint density at radius 2 is 2.17 bits per heavy atom. The number of halogens is 1. The van der Waals surface area contributed by atoms with Gasteiger partial charge < -0.3 is 14.7 Å². The Labute approximate surface area is 132 Å². The van der Waals surface area contributed by atoms with Gasteiger partial charge in [0.1, 0.15) is 17.1 Å². The van der Waals surface area contributed by atoms with Crippen molar-refractivity contribution in [3.8, 4) is 0 Å². The van der Waals surface area contributed by atoms with Gasteiger partial charge in [0.2, 0.25) is 0 Å². The molecule has 23 heavy (non-hydrogen) atoms. The molecule has 1 aliphatic rings. The van der Waals surface area contributed by atoms with Gasteiger partial charge in [-0.3, -0.25) is 9.89 Å². The molecular weight excluding hydrogens is 301 g/mol. The van der Waals surface area contributed by atoms with Crippen LogP contribution < -0.4 is 0 Å². The quantitative estimate of drug-likeness (QED) is 0.881. The summed E-state index contributed by atoms with van der Waals surface area (Å²) in [5, 5.41) is 16.3. The molecule has 1 atom stereocenters. The number of rotatable bonds is 4. The number of amides is 1. The van der Waals surface area contributed by atoms with E-state index in [1.54, 1.807) is 23.1 Å². The molecular formula is C16H18FN3O3. The van der Waals surface area contributed by atoms with Crippen molar-refractivity contribution in [3.63, 3.8) is 0 Å². The minimum Gasteiger partial charge on any atom is -0.393 e. The van der Waals surface area contributed by atoms with Crippen LogP contribution in [0.25, 0.3) is 0 Å². The number of ether oxygens (including phenoxy) is 1. The van der Waals surface area contributed by atoms with Gasteiger partial charge >= 0.3 is 0 Å². The lowest BCUT2D eigenvalue weighted by Gasteiger charge is -2.41. The molecule has 0 unspecified atom stereocenters. The Balaban J connectivity index is 1.76. The molecule has 0 bridgehead atoms. The van der Waals surface area contributed by atoms with E-state index in [2.05, 4.69) is 10.2 Å². The van der Waals surface area contributed by atoms with Crippen LogP contribution in [0.3, 0.4) is 0 Å². The van der Waals surface area contributed by atoms with Crippen molar-refractivity contribution in [2.24, 2.45) is 0 Å². The molecule has 1 aromatic carbocycles. The Hall–Kier alpha value is -2.25. The van der Waals surface area contributed by atoms with Crippen molar-refractivity contribution in [3.05, 3.63) is 53.6 Å². The Bertz CT molecular complexity index is 660. The van der Waals surface area contributed by atoms with Crippen LogP contribution >= 0.6 is 0 Å². The van der Waals surface area contributed by atoms with E-state index in [1.165, 1.54) is 18.3 Å². The molecule has 0 radical (unpaired) electrons. The summed E-state index contributed by atoms with van der Waals surface area (Å²) in [6.45, 7) is 0.820. The predicted molar refractivity (Wildman–Crippen MR) is 80.4 cm³/mol. The first-order valence-electron chi connectivity index (χ1n) is 7.40. The number of morpholine rings is 1. The molecule has 0 aliphatic carbocycles. The van der Waals surface area contributed by atoms with E-state index >= 15 is 0 Å². The number of hydrogen-bond acceptors (Lipinski definition) is 4. The maximum absolute atomic E-state index is 13.0.